The van der Waals surface area contributed by atoms with Gasteiger partial charge in [-0.2, -0.15) is 13.0 Å². The molecule has 0 bridgehead atoms. The number of nitrogens with zero attached hydrogens (tertiary/aromatic N) is 1. The zero-order chi connectivity index (χ0) is 22.0. The fourth-order valence-electron chi connectivity index (χ4n) is 3.56. The standard InChI is InChI=1S/C22H21NO5S3/c1-27-17-7-4-3-6-15(17)8-9-20-23(11-5-13-31(24,25)26)21-19(30-20)14-18(28-2)16-10-12-29-22(16)21/h3-4,6-10,12,14H,5,11,13H2,1-2H3/p+1/b9-8+. The lowest BCUT2D eigenvalue weighted by atomic mass is 10.2. The molecule has 162 valence electrons. The Balaban J connectivity index is 1.84. The average Bonchev–Trinajstić information content (AvgIpc) is 3.35. The van der Waals surface area contributed by atoms with Crippen molar-refractivity contribution in [2.24, 2.45) is 0 Å². The van der Waals surface area contributed by atoms with E-state index in [0.717, 1.165) is 42.4 Å². The Morgan fingerprint density at radius 2 is 1.87 bits per heavy atom. The summed E-state index contributed by atoms with van der Waals surface area (Å²) >= 11 is 3.24. The lowest BCUT2D eigenvalue weighted by molar-refractivity contribution is -0.667. The number of rotatable bonds is 8. The molecule has 6 nitrogen and oxygen atoms in total. The van der Waals surface area contributed by atoms with E-state index in [1.165, 1.54) is 0 Å². The van der Waals surface area contributed by atoms with Gasteiger partial charge in [0, 0.05) is 29.5 Å². The number of thiazole rings is 1. The van der Waals surface area contributed by atoms with E-state index in [-0.39, 0.29) is 5.75 Å². The lowest BCUT2D eigenvalue weighted by Gasteiger charge is -2.03. The number of aromatic nitrogens is 1. The lowest BCUT2D eigenvalue weighted by Crippen LogP contribution is -2.36. The molecule has 2 aromatic heterocycles. The van der Waals surface area contributed by atoms with Crippen LogP contribution in [0.15, 0.2) is 41.8 Å². The van der Waals surface area contributed by atoms with E-state index in [9.17, 15) is 8.42 Å². The number of fused-ring (bicyclic) bond motifs is 3. The van der Waals surface area contributed by atoms with Gasteiger partial charge in [-0.3, -0.25) is 4.55 Å². The summed E-state index contributed by atoms with van der Waals surface area (Å²) in [4.78, 5) is 0. The van der Waals surface area contributed by atoms with Gasteiger partial charge in [-0.05, 0) is 23.6 Å². The first kappa shape index (κ1) is 21.8. The number of benzene rings is 2. The zero-order valence-corrected chi connectivity index (χ0v) is 19.5. The maximum absolute atomic E-state index is 11.3. The molecule has 4 rings (SSSR count). The molecule has 0 saturated heterocycles. The van der Waals surface area contributed by atoms with Gasteiger partial charge in [-0.1, -0.05) is 29.5 Å². The van der Waals surface area contributed by atoms with Crippen LogP contribution in [0.25, 0.3) is 32.5 Å². The van der Waals surface area contributed by atoms with Crippen LogP contribution in [-0.4, -0.2) is 32.9 Å². The number of hydrogen-bond donors (Lipinski definition) is 1. The molecule has 9 heteroatoms. The maximum atomic E-state index is 11.3. The molecule has 0 unspecified atom stereocenters. The molecule has 2 heterocycles. The van der Waals surface area contributed by atoms with Crippen LogP contribution in [-0.2, 0) is 16.7 Å². The molecule has 0 radical (unpaired) electrons. The Bertz CT molecular complexity index is 1370. The summed E-state index contributed by atoms with van der Waals surface area (Å²) in [6, 6.07) is 11.8. The fourth-order valence-corrected chi connectivity index (χ4v) is 6.22. The van der Waals surface area contributed by atoms with Gasteiger partial charge in [-0.25, -0.2) is 0 Å². The number of para-hydroxylation sites is 1. The predicted molar refractivity (Wildman–Crippen MR) is 127 cm³/mol. The van der Waals surface area contributed by atoms with Crippen LogP contribution in [0.5, 0.6) is 11.5 Å². The van der Waals surface area contributed by atoms with Gasteiger partial charge in [-0.15, -0.1) is 11.3 Å². The second-order valence-corrected chi connectivity index (χ2v) is 10.4. The molecule has 0 atom stereocenters. The molecule has 0 aliphatic carbocycles. The molecule has 0 aliphatic heterocycles. The van der Waals surface area contributed by atoms with Gasteiger partial charge >= 0.3 is 0 Å². The minimum Gasteiger partial charge on any atom is -0.496 e. The minimum atomic E-state index is -4.01. The van der Waals surface area contributed by atoms with Crippen LogP contribution in [0.3, 0.4) is 0 Å². The maximum Gasteiger partial charge on any atom is 0.265 e. The molecule has 1 N–H and O–H groups in total. The SMILES string of the molecule is COc1ccccc1/C=C/c1sc2cc(OC)c3ccsc3c2[n+]1CCCS(=O)(=O)O. The van der Waals surface area contributed by atoms with E-state index in [2.05, 4.69) is 4.57 Å². The van der Waals surface area contributed by atoms with E-state index < -0.39 is 10.1 Å². The summed E-state index contributed by atoms with van der Waals surface area (Å²) < 4.78 is 47.0. The van der Waals surface area contributed by atoms with Crippen molar-refractivity contribution in [3.05, 3.63) is 52.3 Å². The van der Waals surface area contributed by atoms with Crippen LogP contribution >= 0.6 is 22.7 Å². The third-order valence-corrected chi connectivity index (χ3v) is 7.76. The van der Waals surface area contributed by atoms with Crippen LogP contribution in [0.4, 0.5) is 0 Å². The van der Waals surface area contributed by atoms with Crippen molar-refractivity contribution >= 4 is 65.2 Å². The molecule has 31 heavy (non-hydrogen) atoms. The van der Waals surface area contributed by atoms with Crippen molar-refractivity contribution in [3.8, 4) is 11.5 Å². The molecule has 0 aliphatic rings. The van der Waals surface area contributed by atoms with E-state index in [1.807, 2.05) is 53.9 Å². The van der Waals surface area contributed by atoms with E-state index in [0.29, 0.717) is 13.0 Å². The topological polar surface area (TPSA) is 76.7 Å². The van der Waals surface area contributed by atoms with Crippen LogP contribution < -0.4 is 14.0 Å². The summed E-state index contributed by atoms with van der Waals surface area (Å²) in [6.45, 7) is 0.463. The summed E-state index contributed by atoms with van der Waals surface area (Å²) in [7, 11) is -0.710. The minimum absolute atomic E-state index is 0.281. The monoisotopic (exact) mass is 476 g/mol. The van der Waals surface area contributed by atoms with Crippen LogP contribution in [0.2, 0.25) is 0 Å². The Morgan fingerprint density at radius 3 is 2.61 bits per heavy atom. The quantitative estimate of drug-likeness (QED) is 0.290. The highest BCUT2D eigenvalue weighted by Gasteiger charge is 2.24. The largest absolute Gasteiger partial charge is 0.496 e. The highest BCUT2D eigenvalue weighted by atomic mass is 32.2. The fraction of sp³-hybridized carbons (Fsp3) is 0.227. The summed E-state index contributed by atoms with van der Waals surface area (Å²) in [5.41, 5.74) is 2.00. The van der Waals surface area contributed by atoms with E-state index >= 15 is 0 Å². The summed E-state index contributed by atoms with van der Waals surface area (Å²) in [5, 5.41) is 4.03. The van der Waals surface area contributed by atoms with Crippen molar-refractivity contribution in [2.45, 2.75) is 13.0 Å². The molecule has 0 fully saturated rings. The van der Waals surface area contributed by atoms with Gasteiger partial charge in [0.05, 0.1) is 20.0 Å². The van der Waals surface area contributed by atoms with Gasteiger partial charge in [0.2, 0.25) is 5.52 Å². The number of aryl methyl sites for hydroxylation is 1. The first-order chi connectivity index (χ1) is 14.9. The highest BCUT2D eigenvalue weighted by molar-refractivity contribution is 7.85. The Labute approximate surface area is 188 Å². The number of hydrogen-bond acceptors (Lipinski definition) is 6. The third-order valence-electron chi connectivity index (χ3n) is 4.94. The van der Waals surface area contributed by atoms with Crippen molar-refractivity contribution in [1.29, 1.82) is 0 Å². The third kappa shape index (κ3) is 4.59. The van der Waals surface area contributed by atoms with Crippen molar-refractivity contribution in [3.63, 3.8) is 0 Å². The summed E-state index contributed by atoms with van der Waals surface area (Å²) in [6.07, 6.45) is 4.32. The average molecular weight is 477 g/mol. The second kappa shape index (κ2) is 8.96. The molecule has 0 amide bonds. The second-order valence-electron chi connectivity index (χ2n) is 6.90. The number of thiophene rings is 1. The molecule has 4 aromatic rings. The van der Waals surface area contributed by atoms with Crippen LogP contribution in [0, 0.1) is 0 Å². The molecule has 0 spiro atoms. The Hall–Kier alpha value is -2.46. The highest BCUT2D eigenvalue weighted by Crippen LogP contribution is 2.38. The van der Waals surface area contributed by atoms with E-state index in [4.69, 9.17) is 14.0 Å². The van der Waals surface area contributed by atoms with Gasteiger partial charge in [0.1, 0.15) is 20.9 Å². The van der Waals surface area contributed by atoms with E-state index in [1.54, 1.807) is 36.9 Å². The van der Waals surface area contributed by atoms with Crippen molar-refractivity contribution in [1.82, 2.24) is 0 Å². The normalized spacial score (nSPS) is 12.2. The molecule has 0 saturated carbocycles. The Morgan fingerprint density at radius 1 is 1.10 bits per heavy atom. The van der Waals surface area contributed by atoms with Gasteiger partial charge in [0.15, 0.2) is 6.54 Å². The summed E-state index contributed by atoms with van der Waals surface area (Å²) in [5.74, 6) is 1.31. The predicted octanol–water partition coefficient (Wildman–Crippen LogP) is 4.87. The smallest absolute Gasteiger partial charge is 0.265 e. The molecular formula is C22H22NO5S3+. The number of methoxy groups -OCH3 is 2. The zero-order valence-electron chi connectivity index (χ0n) is 17.1. The Kier molecular flexibility index (Phi) is 6.29. The first-order valence-electron chi connectivity index (χ1n) is 9.58. The first-order valence-corrected chi connectivity index (χ1v) is 12.9. The van der Waals surface area contributed by atoms with Crippen LogP contribution in [0.1, 0.15) is 17.0 Å². The van der Waals surface area contributed by atoms with Gasteiger partial charge < -0.3 is 9.47 Å². The number of ether oxygens (including phenoxy) is 2. The van der Waals surface area contributed by atoms with Crippen molar-refractivity contribution in [2.75, 3.05) is 20.0 Å². The van der Waals surface area contributed by atoms with Crippen molar-refractivity contribution < 1.29 is 27.0 Å². The molecular weight excluding hydrogens is 454 g/mol. The molecule has 2 aromatic carbocycles. The van der Waals surface area contributed by atoms with Gasteiger partial charge in [0.25, 0.3) is 15.1 Å².